The first-order chi connectivity index (χ1) is 10.6. The highest BCUT2D eigenvalue weighted by molar-refractivity contribution is 6.67. The molecule has 6 nitrogen and oxygen atoms in total. The minimum absolute atomic E-state index is 0.105. The summed E-state index contributed by atoms with van der Waals surface area (Å²) in [4.78, 5) is 16.3. The van der Waals surface area contributed by atoms with Crippen LogP contribution in [0.15, 0.2) is 0 Å². The molecule has 2 heterocycles. The van der Waals surface area contributed by atoms with Gasteiger partial charge in [-0.3, -0.25) is 4.90 Å². The van der Waals surface area contributed by atoms with E-state index in [9.17, 15) is 0 Å². The molecule has 0 amide bonds. The third-order valence-corrected chi connectivity index (χ3v) is 4.22. The SMILES string of the molecule is OCCN1CCN(c2nc(C(Cl)(Cl)Cl)nc(C(Cl)(Cl)Cl)n2)CC1. The van der Waals surface area contributed by atoms with Crippen molar-refractivity contribution in [1.82, 2.24) is 19.9 Å². The maximum absolute atomic E-state index is 8.98. The van der Waals surface area contributed by atoms with Crippen LogP contribution in [0.1, 0.15) is 11.6 Å². The highest BCUT2D eigenvalue weighted by Crippen LogP contribution is 2.40. The summed E-state index contributed by atoms with van der Waals surface area (Å²) in [6.07, 6.45) is 0. The van der Waals surface area contributed by atoms with Gasteiger partial charge in [-0.25, -0.2) is 4.98 Å². The molecule has 1 fully saturated rings. The predicted molar refractivity (Wildman–Crippen MR) is 94.0 cm³/mol. The highest BCUT2D eigenvalue weighted by Gasteiger charge is 2.35. The summed E-state index contributed by atoms with van der Waals surface area (Å²) in [5.41, 5.74) is 0. The van der Waals surface area contributed by atoms with Crippen LogP contribution in [0.25, 0.3) is 0 Å². The summed E-state index contributed by atoms with van der Waals surface area (Å²) >= 11 is 35.1. The van der Waals surface area contributed by atoms with Gasteiger partial charge in [-0.15, -0.1) is 0 Å². The largest absolute Gasteiger partial charge is 0.395 e. The zero-order valence-corrected chi connectivity index (χ0v) is 16.2. The molecule has 0 bridgehead atoms. The summed E-state index contributed by atoms with van der Waals surface area (Å²) in [6.45, 7) is 3.45. The van der Waals surface area contributed by atoms with Crippen LogP contribution in [0, 0.1) is 0 Å². The second-order valence-electron chi connectivity index (χ2n) is 4.83. The number of β-amino-alcohol motifs (C(OH)–C–C–N with tert-alkyl or cyclic N) is 1. The van der Waals surface area contributed by atoms with E-state index in [1.54, 1.807) is 0 Å². The van der Waals surface area contributed by atoms with Crippen molar-refractivity contribution in [1.29, 1.82) is 0 Å². The molecule has 1 saturated heterocycles. The lowest BCUT2D eigenvalue weighted by Gasteiger charge is -2.34. The van der Waals surface area contributed by atoms with Crippen molar-refractivity contribution in [3.8, 4) is 0 Å². The Bertz CT molecular complexity index is 508. The fraction of sp³-hybridized carbons (Fsp3) is 0.727. The summed E-state index contributed by atoms with van der Waals surface area (Å²) in [7, 11) is 0. The van der Waals surface area contributed by atoms with Gasteiger partial charge in [0, 0.05) is 32.7 Å². The number of piperazine rings is 1. The van der Waals surface area contributed by atoms with Crippen molar-refractivity contribution in [3.63, 3.8) is 0 Å². The molecular weight excluding hydrogens is 431 g/mol. The van der Waals surface area contributed by atoms with Crippen molar-refractivity contribution in [2.45, 2.75) is 7.59 Å². The molecule has 2 rings (SSSR count). The standard InChI is InChI=1S/C11H13Cl6N5O/c12-10(13,14)7-18-8(11(15,16)17)20-9(19-7)22-3-1-21(2-4-22)5-6-23/h23H,1-6H2. The average Bonchev–Trinajstić information content (AvgIpc) is 2.46. The molecule has 0 spiro atoms. The number of hydrogen-bond donors (Lipinski definition) is 1. The Hall–Kier alpha value is 0.470. The molecule has 23 heavy (non-hydrogen) atoms. The van der Waals surface area contributed by atoms with Crippen LogP contribution < -0.4 is 4.90 Å². The molecule has 0 aliphatic carbocycles. The number of nitrogens with zero attached hydrogens (tertiary/aromatic N) is 5. The molecule has 0 saturated carbocycles. The Morgan fingerprint density at radius 1 is 0.826 bits per heavy atom. The lowest BCUT2D eigenvalue weighted by atomic mass is 10.3. The summed E-state index contributed by atoms with van der Waals surface area (Å²) in [5.74, 6) is 0.0736. The third kappa shape index (κ3) is 5.47. The van der Waals surface area contributed by atoms with E-state index < -0.39 is 7.59 Å². The zero-order valence-electron chi connectivity index (χ0n) is 11.7. The number of anilines is 1. The number of alkyl halides is 6. The number of rotatable bonds is 3. The fourth-order valence-electron chi connectivity index (χ4n) is 2.07. The maximum atomic E-state index is 8.98. The molecule has 1 N–H and O–H groups in total. The van der Waals surface area contributed by atoms with Crippen LogP contribution in [-0.4, -0.2) is 64.3 Å². The van der Waals surface area contributed by atoms with Crippen molar-refractivity contribution < 1.29 is 5.11 Å². The molecule has 0 atom stereocenters. The van der Waals surface area contributed by atoms with Crippen LogP contribution in [0.4, 0.5) is 5.95 Å². The summed E-state index contributed by atoms with van der Waals surface area (Å²) < 4.78 is -3.72. The van der Waals surface area contributed by atoms with Crippen molar-refractivity contribution in [2.24, 2.45) is 0 Å². The van der Waals surface area contributed by atoms with Crippen LogP contribution in [0.5, 0.6) is 0 Å². The van der Waals surface area contributed by atoms with Gasteiger partial charge >= 0.3 is 0 Å². The third-order valence-electron chi connectivity index (χ3n) is 3.20. The molecule has 1 aliphatic rings. The first kappa shape index (κ1) is 19.8. The van der Waals surface area contributed by atoms with E-state index in [0.29, 0.717) is 19.6 Å². The molecule has 1 aliphatic heterocycles. The second-order valence-corrected chi connectivity index (χ2v) is 9.39. The van der Waals surface area contributed by atoms with Crippen molar-refractivity contribution in [3.05, 3.63) is 11.6 Å². The first-order valence-corrected chi connectivity index (χ1v) is 8.86. The number of aliphatic hydroxyl groups is 1. The molecule has 0 aromatic carbocycles. The number of hydrogen-bond acceptors (Lipinski definition) is 6. The second kappa shape index (κ2) is 7.79. The van der Waals surface area contributed by atoms with Gasteiger partial charge in [0.05, 0.1) is 6.61 Å². The topological polar surface area (TPSA) is 65.4 Å². The highest BCUT2D eigenvalue weighted by atomic mass is 35.6. The summed E-state index contributed by atoms with van der Waals surface area (Å²) in [6, 6.07) is 0. The van der Waals surface area contributed by atoms with E-state index in [0.717, 1.165) is 13.1 Å². The average molecular weight is 444 g/mol. The minimum atomic E-state index is -1.86. The van der Waals surface area contributed by atoms with E-state index >= 15 is 0 Å². The lowest BCUT2D eigenvalue weighted by Crippen LogP contribution is -2.48. The van der Waals surface area contributed by atoms with Crippen LogP contribution >= 0.6 is 69.6 Å². The Balaban J connectivity index is 2.28. The molecule has 0 unspecified atom stereocenters. The monoisotopic (exact) mass is 441 g/mol. The minimum Gasteiger partial charge on any atom is -0.395 e. The van der Waals surface area contributed by atoms with Gasteiger partial charge < -0.3 is 10.0 Å². The lowest BCUT2D eigenvalue weighted by molar-refractivity contribution is 0.188. The van der Waals surface area contributed by atoms with Crippen molar-refractivity contribution >= 4 is 75.6 Å². The number of halogens is 6. The van der Waals surface area contributed by atoms with E-state index in [-0.39, 0.29) is 24.2 Å². The van der Waals surface area contributed by atoms with Gasteiger partial charge in [-0.05, 0) is 0 Å². The van der Waals surface area contributed by atoms with Gasteiger partial charge in [0.15, 0.2) is 11.6 Å². The Morgan fingerprint density at radius 3 is 1.70 bits per heavy atom. The van der Waals surface area contributed by atoms with Gasteiger partial charge in [0.25, 0.3) is 0 Å². The van der Waals surface area contributed by atoms with Gasteiger partial charge in [-0.1, -0.05) is 69.6 Å². The molecule has 1 aromatic heterocycles. The predicted octanol–water partition coefficient (Wildman–Crippen LogP) is 2.64. The van der Waals surface area contributed by atoms with Crippen LogP contribution in [0.2, 0.25) is 0 Å². The zero-order chi connectivity index (χ0) is 17.3. The molecular formula is C11H13Cl6N5O. The summed E-state index contributed by atoms with van der Waals surface area (Å²) in [5, 5.41) is 8.98. The Morgan fingerprint density at radius 2 is 1.30 bits per heavy atom. The van der Waals surface area contributed by atoms with E-state index in [2.05, 4.69) is 19.9 Å². The molecule has 130 valence electrons. The quantitative estimate of drug-likeness (QED) is 0.724. The van der Waals surface area contributed by atoms with Crippen LogP contribution in [0.3, 0.4) is 0 Å². The molecule has 0 radical (unpaired) electrons. The number of aliphatic hydroxyl groups excluding tert-OH is 1. The Labute approximate surface area is 163 Å². The maximum Gasteiger partial charge on any atom is 0.250 e. The van der Waals surface area contributed by atoms with Gasteiger partial charge in [-0.2, -0.15) is 9.97 Å². The molecule has 12 heteroatoms. The molecule has 1 aromatic rings. The van der Waals surface area contributed by atoms with E-state index in [1.807, 2.05) is 4.90 Å². The smallest absolute Gasteiger partial charge is 0.250 e. The number of aromatic nitrogens is 3. The van der Waals surface area contributed by atoms with E-state index in [1.165, 1.54) is 0 Å². The van der Waals surface area contributed by atoms with Crippen molar-refractivity contribution in [2.75, 3.05) is 44.2 Å². The van der Waals surface area contributed by atoms with E-state index in [4.69, 9.17) is 74.7 Å². The normalized spacial score (nSPS) is 17.6. The first-order valence-electron chi connectivity index (χ1n) is 6.60. The Kier molecular flexibility index (Phi) is 6.70. The van der Waals surface area contributed by atoms with Gasteiger partial charge in [0.1, 0.15) is 0 Å². The van der Waals surface area contributed by atoms with Crippen LogP contribution in [-0.2, 0) is 7.59 Å². The fourth-order valence-corrected chi connectivity index (χ4v) is 2.58. The van der Waals surface area contributed by atoms with Gasteiger partial charge in [0.2, 0.25) is 13.5 Å².